The summed E-state index contributed by atoms with van der Waals surface area (Å²) in [5, 5.41) is 2.85. The Bertz CT molecular complexity index is 862. The molecule has 1 N–H and O–H groups in total. The standard InChI is InChI=1S/C19H17BrN2O3/c1-24-16-8-7-14(20)11-15(16)22-18(23)9-10-19-21-12-17(25-19)13-5-3-2-4-6-13/h2-8,11-12H,9-10H2,1H3,(H,22,23). The minimum atomic E-state index is -0.129. The Kier molecular flexibility index (Phi) is 5.50. The lowest BCUT2D eigenvalue weighted by Crippen LogP contribution is -2.13. The van der Waals surface area contributed by atoms with Crippen LogP contribution >= 0.6 is 15.9 Å². The van der Waals surface area contributed by atoms with Crippen LogP contribution in [0, 0.1) is 0 Å². The summed E-state index contributed by atoms with van der Waals surface area (Å²) in [7, 11) is 1.57. The summed E-state index contributed by atoms with van der Waals surface area (Å²) in [5.41, 5.74) is 1.59. The van der Waals surface area contributed by atoms with E-state index in [1.807, 2.05) is 36.4 Å². The largest absolute Gasteiger partial charge is 0.495 e. The van der Waals surface area contributed by atoms with Crippen LogP contribution in [0.3, 0.4) is 0 Å². The molecule has 3 rings (SSSR count). The highest BCUT2D eigenvalue weighted by atomic mass is 79.9. The smallest absolute Gasteiger partial charge is 0.224 e. The molecular weight excluding hydrogens is 384 g/mol. The van der Waals surface area contributed by atoms with Crippen molar-refractivity contribution in [2.24, 2.45) is 0 Å². The number of aromatic nitrogens is 1. The maximum absolute atomic E-state index is 12.2. The van der Waals surface area contributed by atoms with E-state index in [9.17, 15) is 4.79 Å². The second-order valence-electron chi connectivity index (χ2n) is 5.38. The van der Waals surface area contributed by atoms with Gasteiger partial charge in [-0.05, 0) is 18.2 Å². The van der Waals surface area contributed by atoms with Gasteiger partial charge in [-0.3, -0.25) is 4.79 Å². The van der Waals surface area contributed by atoms with Crippen LogP contribution in [0.5, 0.6) is 5.75 Å². The van der Waals surface area contributed by atoms with Crippen LogP contribution in [0.15, 0.2) is 63.6 Å². The van der Waals surface area contributed by atoms with Crippen molar-refractivity contribution in [3.05, 3.63) is 65.1 Å². The molecule has 0 atom stereocenters. The zero-order valence-corrected chi connectivity index (χ0v) is 15.2. The van der Waals surface area contributed by atoms with Gasteiger partial charge in [0.25, 0.3) is 0 Å². The Morgan fingerprint density at radius 1 is 1.24 bits per heavy atom. The second kappa shape index (κ2) is 7.98. The summed E-state index contributed by atoms with van der Waals surface area (Å²) in [4.78, 5) is 16.4. The maximum Gasteiger partial charge on any atom is 0.224 e. The van der Waals surface area contributed by atoms with Gasteiger partial charge in [0.15, 0.2) is 11.7 Å². The third-order valence-corrected chi connectivity index (χ3v) is 4.11. The van der Waals surface area contributed by atoms with E-state index in [1.165, 1.54) is 0 Å². The molecule has 0 fully saturated rings. The molecule has 0 bridgehead atoms. The first-order valence-corrected chi connectivity index (χ1v) is 8.58. The van der Waals surface area contributed by atoms with Crippen molar-refractivity contribution >= 4 is 27.5 Å². The highest BCUT2D eigenvalue weighted by Crippen LogP contribution is 2.28. The van der Waals surface area contributed by atoms with E-state index in [1.54, 1.807) is 25.4 Å². The fourth-order valence-electron chi connectivity index (χ4n) is 2.37. The van der Waals surface area contributed by atoms with Crippen molar-refractivity contribution in [1.82, 2.24) is 4.98 Å². The zero-order valence-electron chi connectivity index (χ0n) is 13.7. The number of carbonyl (C=O) groups excluding carboxylic acids is 1. The van der Waals surface area contributed by atoms with E-state index < -0.39 is 0 Å². The van der Waals surface area contributed by atoms with Gasteiger partial charge in [0.05, 0.1) is 19.0 Å². The summed E-state index contributed by atoms with van der Waals surface area (Å²) in [6, 6.07) is 15.2. The number of amides is 1. The SMILES string of the molecule is COc1ccc(Br)cc1NC(=O)CCc1ncc(-c2ccccc2)o1. The molecule has 1 amide bonds. The van der Waals surface area contributed by atoms with E-state index in [0.717, 1.165) is 10.0 Å². The van der Waals surface area contributed by atoms with Gasteiger partial charge in [0.2, 0.25) is 5.91 Å². The zero-order chi connectivity index (χ0) is 17.6. The van der Waals surface area contributed by atoms with Gasteiger partial charge in [-0.2, -0.15) is 0 Å². The quantitative estimate of drug-likeness (QED) is 0.651. The average Bonchev–Trinajstić information content (AvgIpc) is 3.10. The lowest BCUT2D eigenvalue weighted by molar-refractivity contribution is -0.116. The van der Waals surface area contributed by atoms with Crippen molar-refractivity contribution in [1.29, 1.82) is 0 Å². The first-order valence-electron chi connectivity index (χ1n) is 7.79. The van der Waals surface area contributed by atoms with Gasteiger partial charge < -0.3 is 14.5 Å². The molecule has 6 heteroatoms. The molecule has 0 radical (unpaired) electrons. The molecule has 0 saturated heterocycles. The normalized spacial score (nSPS) is 10.5. The Hall–Kier alpha value is -2.60. The molecule has 0 aliphatic heterocycles. The minimum absolute atomic E-state index is 0.129. The van der Waals surface area contributed by atoms with Gasteiger partial charge >= 0.3 is 0 Å². The predicted molar refractivity (Wildman–Crippen MR) is 99.6 cm³/mol. The molecule has 0 aliphatic carbocycles. The second-order valence-corrected chi connectivity index (χ2v) is 6.29. The van der Waals surface area contributed by atoms with Crippen LogP contribution in [0.25, 0.3) is 11.3 Å². The number of nitrogens with one attached hydrogen (secondary N) is 1. The van der Waals surface area contributed by atoms with Crippen LogP contribution in [0.1, 0.15) is 12.3 Å². The fraction of sp³-hybridized carbons (Fsp3) is 0.158. The van der Waals surface area contributed by atoms with Crippen molar-refractivity contribution in [3.8, 4) is 17.1 Å². The first kappa shape index (κ1) is 17.2. The molecule has 25 heavy (non-hydrogen) atoms. The number of ether oxygens (including phenoxy) is 1. The van der Waals surface area contributed by atoms with E-state index >= 15 is 0 Å². The van der Waals surface area contributed by atoms with Gasteiger partial charge in [-0.25, -0.2) is 4.98 Å². The van der Waals surface area contributed by atoms with Gasteiger partial charge in [-0.1, -0.05) is 46.3 Å². The highest BCUT2D eigenvalue weighted by molar-refractivity contribution is 9.10. The molecule has 0 unspecified atom stereocenters. The van der Waals surface area contributed by atoms with Crippen molar-refractivity contribution in [2.75, 3.05) is 12.4 Å². The molecule has 0 aliphatic rings. The third kappa shape index (κ3) is 4.48. The van der Waals surface area contributed by atoms with E-state index in [-0.39, 0.29) is 12.3 Å². The summed E-state index contributed by atoms with van der Waals surface area (Å²) >= 11 is 3.38. The average molecular weight is 401 g/mol. The molecule has 5 nitrogen and oxygen atoms in total. The van der Waals surface area contributed by atoms with Crippen LogP contribution in [-0.4, -0.2) is 18.0 Å². The summed E-state index contributed by atoms with van der Waals surface area (Å²) in [5.74, 6) is 1.72. The number of halogens is 1. The van der Waals surface area contributed by atoms with E-state index in [4.69, 9.17) is 9.15 Å². The molecule has 1 heterocycles. The number of benzene rings is 2. The first-order chi connectivity index (χ1) is 12.2. The summed E-state index contributed by atoms with van der Waals surface area (Å²) in [6.07, 6.45) is 2.37. The minimum Gasteiger partial charge on any atom is -0.495 e. The van der Waals surface area contributed by atoms with E-state index in [0.29, 0.717) is 29.5 Å². The summed E-state index contributed by atoms with van der Waals surface area (Å²) in [6.45, 7) is 0. The molecule has 1 aromatic heterocycles. The predicted octanol–water partition coefficient (Wildman–Crippen LogP) is 4.68. The lowest BCUT2D eigenvalue weighted by atomic mass is 10.2. The number of nitrogens with zero attached hydrogens (tertiary/aromatic N) is 1. The van der Waals surface area contributed by atoms with Gasteiger partial charge in [-0.15, -0.1) is 0 Å². The topological polar surface area (TPSA) is 64.4 Å². The maximum atomic E-state index is 12.2. The van der Waals surface area contributed by atoms with Gasteiger partial charge in [0, 0.05) is 22.9 Å². The molecule has 2 aromatic carbocycles. The molecule has 128 valence electrons. The number of methoxy groups -OCH3 is 1. The van der Waals surface area contributed by atoms with Crippen molar-refractivity contribution in [3.63, 3.8) is 0 Å². The Morgan fingerprint density at radius 3 is 2.80 bits per heavy atom. The summed E-state index contributed by atoms with van der Waals surface area (Å²) < 4.78 is 11.8. The number of aryl methyl sites for hydroxylation is 1. The van der Waals surface area contributed by atoms with Crippen LogP contribution in [-0.2, 0) is 11.2 Å². The number of hydrogen-bond donors (Lipinski definition) is 1. The number of oxazole rings is 1. The Balaban J connectivity index is 1.60. The molecule has 3 aromatic rings. The fourth-order valence-corrected chi connectivity index (χ4v) is 2.73. The number of hydrogen-bond acceptors (Lipinski definition) is 4. The number of carbonyl (C=O) groups is 1. The van der Waals surface area contributed by atoms with E-state index in [2.05, 4.69) is 26.2 Å². The Labute approximate surface area is 154 Å². The van der Waals surface area contributed by atoms with Crippen LogP contribution < -0.4 is 10.1 Å². The number of rotatable bonds is 6. The van der Waals surface area contributed by atoms with Gasteiger partial charge in [0.1, 0.15) is 5.75 Å². The van der Waals surface area contributed by atoms with Crippen molar-refractivity contribution in [2.45, 2.75) is 12.8 Å². The lowest BCUT2D eigenvalue weighted by Gasteiger charge is -2.10. The van der Waals surface area contributed by atoms with Crippen LogP contribution in [0.4, 0.5) is 5.69 Å². The highest BCUT2D eigenvalue weighted by Gasteiger charge is 2.11. The van der Waals surface area contributed by atoms with Crippen molar-refractivity contribution < 1.29 is 13.9 Å². The number of anilines is 1. The molecule has 0 spiro atoms. The molecular formula is C19H17BrN2O3. The third-order valence-electron chi connectivity index (χ3n) is 3.61. The monoisotopic (exact) mass is 400 g/mol. The Morgan fingerprint density at radius 2 is 2.04 bits per heavy atom. The van der Waals surface area contributed by atoms with Crippen LogP contribution in [0.2, 0.25) is 0 Å². The molecule has 0 saturated carbocycles.